The molecule has 0 aliphatic carbocycles. The summed E-state index contributed by atoms with van der Waals surface area (Å²) in [5, 5.41) is 10.5. The Labute approximate surface area is 153 Å². The number of rotatable bonds is 5. The minimum absolute atomic E-state index is 0.0279. The maximum atomic E-state index is 11.7. The van der Waals surface area contributed by atoms with Crippen LogP contribution in [-0.2, 0) is 6.54 Å². The van der Waals surface area contributed by atoms with Crippen molar-refractivity contribution in [3.05, 3.63) is 69.7 Å². The van der Waals surface area contributed by atoms with E-state index in [0.29, 0.717) is 27.1 Å². The maximum absolute atomic E-state index is 11.7. The van der Waals surface area contributed by atoms with Crippen molar-refractivity contribution in [1.29, 1.82) is 0 Å². The molecule has 0 aliphatic rings. The van der Waals surface area contributed by atoms with Crippen LogP contribution < -0.4 is 4.74 Å². The molecule has 3 aromatic rings. The number of carbonyl (C=O) groups is 1. The van der Waals surface area contributed by atoms with Gasteiger partial charge < -0.3 is 9.84 Å². The molecule has 2 aromatic heterocycles. The third kappa shape index (κ3) is 3.75. The van der Waals surface area contributed by atoms with E-state index in [-0.39, 0.29) is 18.2 Å². The van der Waals surface area contributed by atoms with Crippen LogP contribution in [0.5, 0.6) is 11.8 Å². The molecule has 0 amide bonds. The summed E-state index contributed by atoms with van der Waals surface area (Å²) >= 11 is 12.2. The standard InChI is InChI=1S/C17H13Cl2N3O3/c1-10-15(16(23)24)22(9-11-8-12(18)2-3-14(11)19)17(21-10)25-13-4-6-20-7-5-13/h2-8H,9H2,1H3,(H,23,24). The lowest BCUT2D eigenvalue weighted by molar-refractivity contribution is 0.0683. The number of hydrogen-bond acceptors (Lipinski definition) is 4. The molecule has 2 heterocycles. The SMILES string of the molecule is Cc1nc(Oc2ccncc2)n(Cc2cc(Cl)ccc2Cl)c1C(=O)O. The van der Waals surface area contributed by atoms with Crippen molar-refractivity contribution in [3.63, 3.8) is 0 Å². The van der Waals surface area contributed by atoms with Gasteiger partial charge in [0.2, 0.25) is 0 Å². The summed E-state index contributed by atoms with van der Waals surface area (Å²) < 4.78 is 7.19. The van der Waals surface area contributed by atoms with Crippen molar-refractivity contribution in [2.24, 2.45) is 0 Å². The molecule has 0 bridgehead atoms. The average Bonchev–Trinajstić information content (AvgIpc) is 2.87. The third-order valence-electron chi connectivity index (χ3n) is 3.50. The molecule has 8 heteroatoms. The van der Waals surface area contributed by atoms with Crippen molar-refractivity contribution in [2.75, 3.05) is 0 Å². The summed E-state index contributed by atoms with van der Waals surface area (Å²) in [6, 6.07) is 8.46. The first-order valence-electron chi connectivity index (χ1n) is 7.28. The largest absolute Gasteiger partial charge is 0.477 e. The van der Waals surface area contributed by atoms with Crippen LogP contribution in [0.1, 0.15) is 21.7 Å². The van der Waals surface area contributed by atoms with E-state index in [0.717, 1.165) is 0 Å². The lowest BCUT2D eigenvalue weighted by Crippen LogP contribution is -2.12. The number of carboxylic acid groups (broad SMARTS) is 1. The average molecular weight is 378 g/mol. The van der Waals surface area contributed by atoms with Crippen molar-refractivity contribution in [1.82, 2.24) is 14.5 Å². The highest BCUT2D eigenvalue weighted by Gasteiger charge is 2.22. The molecule has 0 atom stereocenters. The zero-order chi connectivity index (χ0) is 18.0. The Morgan fingerprint density at radius 1 is 1.24 bits per heavy atom. The highest BCUT2D eigenvalue weighted by Crippen LogP contribution is 2.28. The van der Waals surface area contributed by atoms with Crippen LogP contribution in [-0.4, -0.2) is 25.6 Å². The predicted octanol–water partition coefficient (Wildman–Crippen LogP) is 4.43. The topological polar surface area (TPSA) is 77.2 Å². The van der Waals surface area contributed by atoms with Gasteiger partial charge in [-0.3, -0.25) is 9.55 Å². The van der Waals surface area contributed by atoms with Gasteiger partial charge in [-0.1, -0.05) is 23.2 Å². The molecule has 6 nitrogen and oxygen atoms in total. The minimum Gasteiger partial charge on any atom is -0.477 e. The molecule has 0 spiro atoms. The fourth-order valence-electron chi connectivity index (χ4n) is 2.39. The van der Waals surface area contributed by atoms with Gasteiger partial charge in [0, 0.05) is 22.4 Å². The summed E-state index contributed by atoms with van der Waals surface area (Å²) in [5.74, 6) is -0.608. The molecular weight excluding hydrogens is 365 g/mol. The Morgan fingerprint density at radius 2 is 1.96 bits per heavy atom. The molecule has 1 aromatic carbocycles. The lowest BCUT2D eigenvalue weighted by Gasteiger charge is -2.12. The Bertz CT molecular complexity index is 926. The zero-order valence-electron chi connectivity index (χ0n) is 13.1. The molecule has 0 radical (unpaired) electrons. The van der Waals surface area contributed by atoms with Gasteiger partial charge in [0.1, 0.15) is 5.75 Å². The van der Waals surface area contributed by atoms with Gasteiger partial charge in [-0.2, -0.15) is 4.98 Å². The van der Waals surface area contributed by atoms with Gasteiger partial charge in [-0.05, 0) is 42.8 Å². The first kappa shape index (κ1) is 17.3. The Morgan fingerprint density at radius 3 is 2.64 bits per heavy atom. The number of aromatic carboxylic acids is 1. The summed E-state index contributed by atoms with van der Waals surface area (Å²) in [4.78, 5) is 19.8. The number of imidazole rings is 1. The van der Waals surface area contributed by atoms with Gasteiger partial charge in [0.25, 0.3) is 0 Å². The van der Waals surface area contributed by atoms with Crippen LogP contribution in [0.2, 0.25) is 10.0 Å². The number of pyridine rings is 1. The third-order valence-corrected chi connectivity index (χ3v) is 4.11. The van der Waals surface area contributed by atoms with Crippen LogP contribution in [0.4, 0.5) is 0 Å². The molecule has 128 valence electrons. The van der Waals surface area contributed by atoms with Gasteiger partial charge in [0.05, 0.1) is 12.2 Å². The normalized spacial score (nSPS) is 10.7. The number of aryl methyl sites for hydroxylation is 1. The Kier molecular flexibility index (Phi) is 4.92. The highest BCUT2D eigenvalue weighted by molar-refractivity contribution is 6.33. The summed E-state index contributed by atoms with van der Waals surface area (Å²) in [5.41, 5.74) is 1.03. The van der Waals surface area contributed by atoms with Crippen molar-refractivity contribution >= 4 is 29.2 Å². The second-order valence-electron chi connectivity index (χ2n) is 5.24. The minimum atomic E-state index is -1.10. The van der Waals surface area contributed by atoms with E-state index in [1.807, 2.05) is 0 Å². The summed E-state index contributed by atoms with van der Waals surface area (Å²) in [7, 11) is 0. The van der Waals surface area contributed by atoms with Crippen LogP contribution >= 0.6 is 23.2 Å². The van der Waals surface area contributed by atoms with Crippen LogP contribution in [0.25, 0.3) is 0 Å². The number of benzene rings is 1. The van der Waals surface area contributed by atoms with Crippen molar-refractivity contribution < 1.29 is 14.6 Å². The number of ether oxygens (including phenoxy) is 1. The number of aromatic nitrogens is 3. The molecule has 0 unspecified atom stereocenters. The monoisotopic (exact) mass is 377 g/mol. The van der Waals surface area contributed by atoms with E-state index in [1.165, 1.54) is 4.57 Å². The second-order valence-corrected chi connectivity index (χ2v) is 6.08. The first-order chi connectivity index (χ1) is 12.0. The van der Waals surface area contributed by atoms with Gasteiger partial charge in [0.15, 0.2) is 5.69 Å². The lowest BCUT2D eigenvalue weighted by atomic mass is 10.2. The fraction of sp³-hybridized carbons (Fsp3) is 0.118. The van der Waals surface area contributed by atoms with Gasteiger partial charge in [-0.25, -0.2) is 4.79 Å². The second kappa shape index (κ2) is 7.13. The van der Waals surface area contributed by atoms with Crippen LogP contribution in [0, 0.1) is 6.92 Å². The fourth-order valence-corrected chi connectivity index (χ4v) is 2.76. The number of nitrogens with zero attached hydrogens (tertiary/aromatic N) is 3. The number of hydrogen-bond donors (Lipinski definition) is 1. The van der Waals surface area contributed by atoms with E-state index < -0.39 is 5.97 Å². The predicted molar refractivity (Wildman–Crippen MR) is 93.8 cm³/mol. The van der Waals surface area contributed by atoms with E-state index in [2.05, 4.69) is 9.97 Å². The molecular formula is C17H13Cl2N3O3. The summed E-state index contributed by atoms with van der Waals surface area (Å²) in [6.07, 6.45) is 3.14. The summed E-state index contributed by atoms with van der Waals surface area (Å²) in [6.45, 7) is 1.77. The first-order valence-corrected chi connectivity index (χ1v) is 8.03. The maximum Gasteiger partial charge on any atom is 0.354 e. The van der Waals surface area contributed by atoms with Crippen LogP contribution in [0.3, 0.4) is 0 Å². The van der Waals surface area contributed by atoms with E-state index in [4.69, 9.17) is 27.9 Å². The molecule has 0 saturated carbocycles. The Hall–Kier alpha value is -2.57. The number of halogens is 2. The van der Waals surface area contributed by atoms with Gasteiger partial charge in [-0.15, -0.1) is 0 Å². The number of carboxylic acids is 1. The van der Waals surface area contributed by atoms with Gasteiger partial charge >= 0.3 is 12.0 Å². The van der Waals surface area contributed by atoms with Crippen molar-refractivity contribution in [3.8, 4) is 11.8 Å². The molecule has 0 saturated heterocycles. The van der Waals surface area contributed by atoms with Crippen molar-refractivity contribution in [2.45, 2.75) is 13.5 Å². The molecule has 3 rings (SSSR count). The zero-order valence-corrected chi connectivity index (χ0v) is 14.6. The Balaban J connectivity index is 2.06. The smallest absolute Gasteiger partial charge is 0.354 e. The van der Waals surface area contributed by atoms with E-state index in [1.54, 1.807) is 49.6 Å². The molecule has 25 heavy (non-hydrogen) atoms. The molecule has 1 N–H and O–H groups in total. The van der Waals surface area contributed by atoms with E-state index in [9.17, 15) is 9.90 Å². The molecule has 0 aliphatic heterocycles. The van der Waals surface area contributed by atoms with Crippen LogP contribution in [0.15, 0.2) is 42.7 Å². The highest BCUT2D eigenvalue weighted by atomic mass is 35.5. The quantitative estimate of drug-likeness (QED) is 0.711. The van der Waals surface area contributed by atoms with E-state index >= 15 is 0 Å². The molecule has 0 fully saturated rings.